The Morgan fingerprint density at radius 3 is 2.59 bits per heavy atom. The van der Waals surface area contributed by atoms with Crippen LogP contribution in [0.25, 0.3) is 0 Å². The predicted octanol–water partition coefficient (Wildman–Crippen LogP) is 6.15. The second-order valence-electron chi connectivity index (χ2n) is 11.2. The standard InChI is InChI=1S/C30H39FN4O2/c1-21(2)37-26-12-6-9-23(18-26)20-34-16-14-30(15-17-34)28(32-27-13-5-4-8-22(27)3)33-29(36)35(30)25-11-7-10-24(31)19-25/h6-7,9-12,18-19,21-22,27H,4-5,8,13-17,20H2,1-3H3,(H,32,33,36). The van der Waals surface area contributed by atoms with Gasteiger partial charge in [0.1, 0.15) is 22.9 Å². The number of amides is 2. The van der Waals surface area contributed by atoms with Gasteiger partial charge in [0.05, 0.1) is 6.10 Å². The number of carbonyl (C=O) groups excluding carboxylic acids is 1. The maximum atomic E-state index is 14.2. The van der Waals surface area contributed by atoms with Crippen LogP contribution in [0.5, 0.6) is 5.75 Å². The number of aliphatic imine (C=N–C) groups is 1. The summed E-state index contributed by atoms with van der Waals surface area (Å²) in [5, 5.41) is 3.72. The number of halogens is 1. The highest BCUT2D eigenvalue weighted by atomic mass is 19.1. The lowest BCUT2D eigenvalue weighted by molar-refractivity contribution is 0.180. The molecule has 2 aliphatic heterocycles. The van der Waals surface area contributed by atoms with E-state index in [0.29, 0.717) is 17.6 Å². The van der Waals surface area contributed by atoms with Gasteiger partial charge < -0.3 is 10.1 Å². The Morgan fingerprint density at radius 1 is 1.11 bits per heavy atom. The van der Waals surface area contributed by atoms with E-state index >= 15 is 0 Å². The molecular formula is C30H39FN4O2. The molecule has 6 nitrogen and oxygen atoms in total. The summed E-state index contributed by atoms with van der Waals surface area (Å²) < 4.78 is 20.1. The molecule has 2 atom stereocenters. The lowest BCUT2D eigenvalue weighted by Gasteiger charge is -2.46. The van der Waals surface area contributed by atoms with Crippen LogP contribution in [0.1, 0.15) is 64.9 Å². The minimum atomic E-state index is -0.582. The van der Waals surface area contributed by atoms with Gasteiger partial charge in [0, 0.05) is 31.4 Å². The van der Waals surface area contributed by atoms with Crippen LogP contribution in [-0.2, 0) is 6.54 Å². The highest BCUT2D eigenvalue weighted by molar-refractivity contribution is 6.16. The molecule has 37 heavy (non-hydrogen) atoms. The van der Waals surface area contributed by atoms with Crippen molar-refractivity contribution in [2.24, 2.45) is 10.9 Å². The minimum Gasteiger partial charge on any atom is -0.491 e. The third-order valence-corrected chi connectivity index (χ3v) is 8.13. The van der Waals surface area contributed by atoms with Crippen LogP contribution in [0.15, 0.2) is 53.5 Å². The quantitative estimate of drug-likeness (QED) is 0.510. The fourth-order valence-corrected chi connectivity index (χ4v) is 6.17. The number of carbonyl (C=O) groups is 1. The molecule has 2 fully saturated rings. The first-order chi connectivity index (χ1) is 17.8. The number of nitrogens with zero attached hydrogens (tertiary/aromatic N) is 3. The van der Waals surface area contributed by atoms with Gasteiger partial charge in [0.25, 0.3) is 0 Å². The number of hydrogen-bond acceptors (Lipinski definition) is 4. The molecule has 1 saturated carbocycles. The van der Waals surface area contributed by atoms with Gasteiger partial charge in [-0.25, -0.2) is 9.18 Å². The molecular weight excluding hydrogens is 467 g/mol. The summed E-state index contributed by atoms with van der Waals surface area (Å²) in [6.07, 6.45) is 6.34. The lowest BCUT2D eigenvalue weighted by Crippen LogP contribution is -2.62. The van der Waals surface area contributed by atoms with Crippen molar-refractivity contribution in [1.29, 1.82) is 0 Å². The van der Waals surface area contributed by atoms with Gasteiger partial charge in [-0.15, -0.1) is 0 Å². The highest BCUT2D eigenvalue weighted by Crippen LogP contribution is 2.40. The summed E-state index contributed by atoms with van der Waals surface area (Å²) in [6.45, 7) is 8.80. The fraction of sp³-hybridized carbons (Fsp3) is 0.533. The van der Waals surface area contributed by atoms with Gasteiger partial charge in [-0.2, -0.15) is 4.99 Å². The number of hydrogen-bond donors (Lipinski definition) is 1. The largest absolute Gasteiger partial charge is 0.491 e. The summed E-state index contributed by atoms with van der Waals surface area (Å²) in [5.41, 5.74) is 1.21. The Hall–Kier alpha value is -2.93. The van der Waals surface area contributed by atoms with Crippen LogP contribution in [0.2, 0.25) is 0 Å². The van der Waals surface area contributed by atoms with Crippen LogP contribution >= 0.6 is 0 Å². The Bertz CT molecular complexity index is 1140. The van der Waals surface area contributed by atoms with Crippen molar-refractivity contribution in [1.82, 2.24) is 10.2 Å². The van der Waals surface area contributed by atoms with Crippen molar-refractivity contribution < 1.29 is 13.9 Å². The topological polar surface area (TPSA) is 57.2 Å². The average molecular weight is 507 g/mol. The molecule has 7 heteroatoms. The molecule has 2 aromatic carbocycles. The van der Waals surface area contributed by atoms with Crippen molar-refractivity contribution >= 4 is 17.6 Å². The van der Waals surface area contributed by atoms with Crippen LogP contribution in [0.4, 0.5) is 14.9 Å². The first-order valence-corrected chi connectivity index (χ1v) is 13.8. The Balaban J connectivity index is 1.37. The lowest BCUT2D eigenvalue weighted by atomic mass is 9.82. The van der Waals surface area contributed by atoms with Crippen LogP contribution in [0, 0.1) is 11.7 Å². The van der Waals surface area contributed by atoms with E-state index in [0.717, 1.165) is 50.5 Å². The molecule has 1 saturated heterocycles. The zero-order chi connectivity index (χ0) is 26.0. The fourth-order valence-electron chi connectivity index (χ4n) is 6.17. The zero-order valence-electron chi connectivity index (χ0n) is 22.3. The molecule has 2 unspecified atom stereocenters. The number of likely N-dealkylation sites (tertiary alicyclic amines) is 1. The number of amidine groups is 1. The van der Waals surface area contributed by atoms with Crippen LogP contribution < -0.4 is 15.0 Å². The molecule has 5 rings (SSSR count). The molecule has 2 heterocycles. The molecule has 0 radical (unpaired) electrons. The maximum Gasteiger partial charge on any atom is 0.350 e. The van der Waals surface area contributed by atoms with E-state index in [1.165, 1.54) is 37.0 Å². The second kappa shape index (κ2) is 10.8. The number of ether oxygens (including phenoxy) is 1. The molecule has 198 valence electrons. The minimum absolute atomic E-state index is 0.135. The number of urea groups is 1. The van der Waals surface area contributed by atoms with Crippen molar-refractivity contribution in [2.45, 2.75) is 83.5 Å². The number of piperidine rings is 1. The summed E-state index contributed by atoms with van der Waals surface area (Å²) >= 11 is 0. The highest BCUT2D eigenvalue weighted by Gasteiger charge is 2.52. The van der Waals surface area contributed by atoms with Crippen molar-refractivity contribution in [3.63, 3.8) is 0 Å². The zero-order valence-corrected chi connectivity index (χ0v) is 22.3. The molecule has 2 aromatic rings. The van der Waals surface area contributed by atoms with Gasteiger partial charge in [0.2, 0.25) is 0 Å². The Kier molecular flexibility index (Phi) is 7.52. The SMILES string of the molecule is CC(C)Oc1cccc(CN2CCC3(CC2)C(NC2CCCCC2C)=NC(=O)N3c2cccc(F)c2)c1. The van der Waals surface area contributed by atoms with E-state index < -0.39 is 5.54 Å². The van der Waals surface area contributed by atoms with E-state index in [1.54, 1.807) is 11.0 Å². The number of benzene rings is 2. The predicted molar refractivity (Wildman–Crippen MR) is 146 cm³/mol. The van der Waals surface area contributed by atoms with E-state index in [-0.39, 0.29) is 18.0 Å². The number of nitrogens with one attached hydrogen (secondary N) is 1. The van der Waals surface area contributed by atoms with Gasteiger partial charge >= 0.3 is 6.03 Å². The number of rotatable bonds is 6. The van der Waals surface area contributed by atoms with Gasteiger partial charge in [-0.1, -0.05) is 38.0 Å². The smallest absolute Gasteiger partial charge is 0.350 e. The van der Waals surface area contributed by atoms with Crippen molar-refractivity contribution in [2.75, 3.05) is 18.0 Å². The molecule has 1 spiro atoms. The summed E-state index contributed by atoms with van der Waals surface area (Å²) in [6, 6.07) is 14.6. The van der Waals surface area contributed by atoms with E-state index in [9.17, 15) is 9.18 Å². The first kappa shape index (κ1) is 25.7. The third-order valence-electron chi connectivity index (χ3n) is 8.13. The average Bonchev–Trinajstić information content (AvgIpc) is 3.12. The monoisotopic (exact) mass is 506 g/mol. The van der Waals surface area contributed by atoms with Crippen LogP contribution in [0.3, 0.4) is 0 Å². The molecule has 2 amide bonds. The van der Waals surface area contributed by atoms with Crippen molar-refractivity contribution in [3.05, 3.63) is 59.9 Å². The Morgan fingerprint density at radius 2 is 1.86 bits per heavy atom. The van der Waals surface area contributed by atoms with E-state index in [2.05, 4.69) is 34.3 Å². The summed E-state index contributed by atoms with van der Waals surface area (Å²) in [4.78, 5) is 22.1. The second-order valence-corrected chi connectivity index (χ2v) is 11.2. The molecule has 1 N–H and O–H groups in total. The van der Waals surface area contributed by atoms with Gasteiger partial charge in [-0.3, -0.25) is 9.80 Å². The molecule has 0 bridgehead atoms. The van der Waals surface area contributed by atoms with Crippen LogP contribution in [-0.4, -0.2) is 47.5 Å². The summed E-state index contributed by atoms with van der Waals surface area (Å²) in [7, 11) is 0. The molecule has 3 aliphatic rings. The normalized spacial score (nSPS) is 24.0. The molecule has 1 aliphatic carbocycles. The number of anilines is 1. The van der Waals surface area contributed by atoms with E-state index in [4.69, 9.17) is 4.74 Å². The third kappa shape index (κ3) is 5.52. The van der Waals surface area contributed by atoms with E-state index in [1.807, 2.05) is 32.0 Å². The van der Waals surface area contributed by atoms with Gasteiger partial charge in [-0.05, 0) is 81.3 Å². The first-order valence-electron chi connectivity index (χ1n) is 13.8. The van der Waals surface area contributed by atoms with Crippen molar-refractivity contribution in [3.8, 4) is 5.75 Å². The molecule has 0 aromatic heterocycles. The maximum absolute atomic E-state index is 14.2. The Labute approximate surface area is 219 Å². The summed E-state index contributed by atoms with van der Waals surface area (Å²) in [5.74, 6) is 1.85. The van der Waals surface area contributed by atoms with Gasteiger partial charge in [0.15, 0.2) is 0 Å².